The Bertz CT molecular complexity index is 1250. The van der Waals surface area contributed by atoms with E-state index in [4.69, 9.17) is 4.74 Å². The molecule has 2 atom stereocenters. The van der Waals surface area contributed by atoms with Gasteiger partial charge in [-0.25, -0.2) is 5.48 Å². The summed E-state index contributed by atoms with van der Waals surface area (Å²) >= 11 is 3.69. The highest BCUT2D eigenvalue weighted by Crippen LogP contribution is 2.56. The molecule has 5 rings (SSSR count). The van der Waals surface area contributed by atoms with E-state index in [2.05, 4.69) is 10.3 Å². The number of carbonyl (C=O) groups is 2. The van der Waals surface area contributed by atoms with Crippen LogP contribution in [0.5, 0.6) is 5.75 Å². The van der Waals surface area contributed by atoms with E-state index >= 15 is 0 Å². The number of ether oxygens (including phenoxy) is 1. The standard InChI is InChI=1S/C26H27N3O4S2/c1-16-12-18(20-4-2-3-5-22(20)27-16)15-33-19-8-6-17(7-9-19)24(30)28-23-14-26(34-10-11-35-26)13-21(23)25(31)29-32/h2-9,12,21,23,32H,10-11,13-15H2,1H3,(H,28,30)(H,29,31)/t21-,23+/m0/s1. The van der Waals surface area contributed by atoms with Gasteiger partial charge in [-0.3, -0.25) is 19.8 Å². The van der Waals surface area contributed by atoms with Crippen molar-refractivity contribution >= 4 is 46.2 Å². The summed E-state index contributed by atoms with van der Waals surface area (Å²) in [5.74, 6) is 1.60. The number of pyridine rings is 1. The third kappa shape index (κ3) is 5.12. The van der Waals surface area contributed by atoms with Crippen molar-refractivity contribution in [1.82, 2.24) is 15.8 Å². The largest absolute Gasteiger partial charge is 0.489 e. The second-order valence-electron chi connectivity index (χ2n) is 8.93. The van der Waals surface area contributed by atoms with Crippen LogP contribution in [0, 0.1) is 12.8 Å². The van der Waals surface area contributed by atoms with Crippen LogP contribution < -0.4 is 15.5 Å². The van der Waals surface area contributed by atoms with E-state index < -0.39 is 11.8 Å². The molecule has 7 nitrogen and oxygen atoms in total. The van der Waals surface area contributed by atoms with E-state index in [1.165, 1.54) is 0 Å². The first-order valence-corrected chi connectivity index (χ1v) is 13.5. The van der Waals surface area contributed by atoms with Crippen molar-refractivity contribution in [3.8, 4) is 5.75 Å². The van der Waals surface area contributed by atoms with Crippen molar-refractivity contribution < 1.29 is 19.5 Å². The second-order valence-corrected chi connectivity index (χ2v) is 12.1. The molecule has 0 radical (unpaired) electrons. The number of aryl methyl sites for hydroxylation is 1. The van der Waals surface area contributed by atoms with Crippen molar-refractivity contribution in [2.75, 3.05) is 11.5 Å². The first kappa shape index (κ1) is 24.0. The number of hydrogen-bond donors (Lipinski definition) is 3. The summed E-state index contributed by atoms with van der Waals surface area (Å²) < 4.78 is 5.94. The van der Waals surface area contributed by atoms with E-state index in [1.807, 2.05) is 60.8 Å². The first-order chi connectivity index (χ1) is 17.0. The van der Waals surface area contributed by atoms with Gasteiger partial charge in [0.15, 0.2) is 0 Å². The number of nitrogens with zero attached hydrogens (tertiary/aromatic N) is 1. The minimum absolute atomic E-state index is 0.0672. The lowest BCUT2D eigenvalue weighted by molar-refractivity contribution is -0.133. The molecule has 2 fully saturated rings. The summed E-state index contributed by atoms with van der Waals surface area (Å²) in [4.78, 5) is 29.8. The maximum atomic E-state index is 13.0. The Morgan fingerprint density at radius 1 is 1.11 bits per heavy atom. The van der Waals surface area contributed by atoms with Crippen molar-refractivity contribution in [2.24, 2.45) is 5.92 Å². The number of carbonyl (C=O) groups excluding carboxylic acids is 2. The molecule has 1 aliphatic heterocycles. The third-order valence-corrected chi connectivity index (χ3v) is 10.1. The number of nitrogens with one attached hydrogen (secondary N) is 2. The van der Waals surface area contributed by atoms with E-state index in [0.717, 1.165) is 33.7 Å². The van der Waals surface area contributed by atoms with Crippen molar-refractivity contribution in [3.63, 3.8) is 0 Å². The lowest BCUT2D eigenvalue weighted by atomic mass is 10.0. The molecule has 2 amide bonds. The number of hydrogen-bond acceptors (Lipinski definition) is 7. The second kappa shape index (κ2) is 10.1. The number of thioether (sulfide) groups is 2. The predicted molar refractivity (Wildman–Crippen MR) is 139 cm³/mol. The molecule has 182 valence electrons. The topological polar surface area (TPSA) is 101 Å². The summed E-state index contributed by atoms with van der Waals surface area (Å²) in [5, 5.41) is 13.3. The molecule has 1 spiro atoms. The van der Waals surface area contributed by atoms with Gasteiger partial charge in [-0.2, -0.15) is 0 Å². The van der Waals surface area contributed by atoms with E-state index in [1.54, 1.807) is 29.7 Å². The number of fused-ring (bicyclic) bond motifs is 1. The molecule has 9 heteroatoms. The maximum Gasteiger partial charge on any atom is 0.251 e. The van der Waals surface area contributed by atoms with E-state index in [0.29, 0.717) is 30.8 Å². The minimum atomic E-state index is -0.455. The zero-order valence-corrected chi connectivity index (χ0v) is 21.0. The average molecular weight is 510 g/mol. The van der Waals surface area contributed by atoms with Crippen molar-refractivity contribution in [2.45, 2.75) is 36.5 Å². The molecular weight excluding hydrogens is 482 g/mol. The zero-order chi connectivity index (χ0) is 24.4. The van der Waals surface area contributed by atoms with Crippen LogP contribution >= 0.6 is 23.5 Å². The van der Waals surface area contributed by atoms with Gasteiger partial charge in [-0.05, 0) is 56.2 Å². The molecule has 0 unspecified atom stereocenters. The van der Waals surface area contributed by atoms with Crippen LogP contribution in [-0.4, -0.2) is 43.6 Å². The Morgan fingerprint density at radius 2 is 1.86 bits per heavy atom. The summed E-state index contributed by atoms with van der Waals surface area (Å²) in [5.41, 5.74) is 5.21. The molecule has 3 aromatic rings. The lowest BCUT2D eigenvalue weighted by Crippen LogP contribution is -2.43. The smallest absolute Gasteiger partial charge is 0.251 e. The highest BCUT2D eigenvalue weighted by atomic mass is 32.2. The van der Waals surface area contributed by atoms with Gasteiger partial charge < -0.3 is 10.1 Å². The van der Waals surface area contributed by atoms with E-state index in [9.17, 15) is 14.8 Å². The number of para-hydroxylation sites is 1. The van der Waals surface area contributed by atoms with Crippen LogP contribution in [0.2, 0.25) is 0 Å². The minimum Gasteiger partial charge on any atom is -0.489 e. The molecule has 0 bridgehead atoms. The molecule has 1 saturated heterocycles. The van der Waals surface area contributed by atoms with Crippen LogP contribution in [0.25, 0.3) is 10.9 Å². The van der Waals surface area contributed by atoms with Crippen LogP contribution in [0.15, 0.2) is 54.6 Å². The number of hydroxylamine groups is 1. The van der Waals surface area contributed by atoms with Gasteiger partial charge in [-0.15, -0.1) is 23.5 Å². The van der Waals surface area contributed by atoms with Crippen LogP contribution in [0.1, 0.15) is 34.5 Å². The number of benzene rings is 2. The highest BCUT2D eigenvalue weighted by Gasteiger charge is 2.51. The normalized spacial score (nSPS) is 20.7. The number of amides is 2. The zero-order valence-electron chi connectivity index (χ0n) is 19.3. The van der Waals surface area contributed by atoms with E-state index in [-0.39, 0.29) is 16.0 Å². The van der Waals surface area contributed by atoms with Gasteiger partial charge in [0.1, 0.15) is 12.4 Å². The average Bonchev–Trinajstić information content (AvgIpc) is 3.48. The molecule has 1 aromatic heterocycles. The van der Waals surface area contributed by atoms with Gasteiger partial charge in [-0.1, -0.05) is 18.2 Å². The van der Waals surface area contributed by atoms with Crippen LogP contribution in [0.3, 0.4) is 0 Å². The maximum absolute atomic E-state index is 13.0. The van der Waals surface area contributed by atoms with Crippen LogP contribution in [-0.2, 0) is 11.4 Å². The lowest BCUT2D eigenvalue weighted by Gasteiger charge is -2.21. The Hall–Kier alpha value is -2.75. The van der Waals surface area contributed by atoms with Gasteiger partial charge in [0, 0.05) is 39.8 Å². The highest BCUT2D eigenvalue weighted by molar-refractivity contribution is 8.21. The molecular formula is C26H27N3O4S2. The molecule has 1 aliphatic carbocycles. The molecule has 35 heavy (non-hydrogen) atoms. The Kier molecular flexibility index (Phi) is 6.91. The monoisotopic (exact) mass is 509 g/mol. The van der Waals surface area contributed by atoms with Crippen LogP contribution in [0.4, 0.5) is 0 Å². The molecule has 3 N–H and O–H groups in total. The fourth-order valence-corrected chi connectivity index (χ4v) is 8.34. The molecule has 2 heterocycles. The Balaban J connectivity index is 1.24. The van der Waals surface area contributed by atoms with Crippen molar-refractivity contribution in [3.05, 3.63) is 71.4 Å². The summed E-state index contributed by atoms with van der Waals surface area (Å²) in [7, 11) is 0. The Labute approximate surface area is 212 Å². The molecule has 2 aromatic carbocycles. The molecule has 1 saturated carbocycles. The fourth-order valence-electron chi connectivity index (χ4n) is 4.91. The summed E-state index contributed by atoms with van der Waals surface area (Å²) in [6.07, 6.45) is 1.34. The van der Waals surface area contributed by atoms with Crippen molar-refractivity contribution in [1.29, 1.82) is 0 Å². The fraction of sp³-hybridized carbons (Fsp3) is 0.346. The van der Waals surface area contributed by atoms with Gasteiger partial charge in [0.25, 0.3) is 5.91 Å². The first-order valence-electron chi connectivity index (χ1n) is 11.6. The van der Waals surface area contributed by atoms with Gasteiger partial charge in [0.05, 0.1) is 15.5 Å². The quantitative estimate of drug-likeness (QED) is 0.336. The SMILES string of the molecule is Cc1cc(COc2ccc(C(=O)N[C@@H]3CC4(C[C@@H]3C(=O)NO)SCCS4)cc2)c2ccccc2n1. The van der Waals surface area contributed by atoms with Gasteiger partial charge >= 0.3 is 0 Å². The summed E-state index contributed by atoms with van der Waals surface area (Å²) in [6.45, 7) is 2.36. The molecule has 2 aliphatic rings. The number of aromatic nitrogens is 1. The number of rotatable bonds is 6. The Morgan fingerprint density at radius 3 is 2.60 bits per heavy atom. The summed E-state index contributed by atoms with van der Waals surface area (Å²) in [6, 6.07) is 16.7. The third-order valence-electron chi connectivity index (χ3n) is 6.57. The van der Waals surface area contributed by atoms with Gasteiger partial charge in [0.2, 0.25) is 5.91 Å². The predicted octanol–water partition coefficient (Wildman–Crippen LogP) is 4.31.